The van der Waals surface area contributed by atoms with E-state index in [0.29, 0.717) is 18.3 Å². The van der Waals surface area contributed by atoms with Gasteiger partial charge in [0, 0.05) is 19.7 Å². The van der Waals surface area contributed by atoms with Crippen molar-refractivity contribution >= 4 is 12.4 Å². The third kappa shape index (κ3) is 13.6. The van der Waals surface area contributed by atoms with Gasteiger partial charge in [-0.3, -0.25) is 9.59 Å². The molecule has 25 heavy (non-hydrogen) atoms. The van der Waals surface area contributed by atoms with Crippen LogP contribution in [0.4, 0.5) is 0 Å². The predicted octanol–water partition coefficient (Wildman–Crippen LogP) is 5.32. The zero-order valence-electron chi connectivity index (χ0n) is 17.0. The average Bonchev–Trinajstić information content (AvgIpc) is 2.60. The maximum Gasteiger partial charge on any atom is 0.305 e. The van der Waals surface area contributed by atoms with Crippen molar-refractivity contribution in [1.82, 2.24) is 4.90 Å². The summed E-state index contributed by atoms with van der Waals surface area (Å²) < 4.78 is 5.41. The summed E-state index contributed by atoms with van der Waals surface area (Å²) in [5, 5.41) is 0. The predicted molar refractivity (Wildman–Crippen MR) is 104 cm³/mol. The Morgan fingerprint density at radius 2 is 1.72 bits per heavy atom. The van der Waals surface area contributed by atoms with Gasteiger partial charge in [-0.25, -0.2) is 0 Å². The summed E-state index contributed by atoms with van der Waals surface area (Å²) in [6, 6.07) is 0. The maximum absolute atomic E-state index is 11.3. The van der Waals surface area contributed by atoms with Crippen molar-refractivity contribution in [3.8, 4) is 0 Å². The minimum atomic E-state index is -0.0804. The fourth-order valence-electron chi connectivity index (χ4n) is 2.98. The standard InChI is InChI=1S/C21H39NO3/c1-6-20(25-21(24)7-2)13-11-9-8-10-12-18(3)16-19(4)14-15-22(5)17-23/h14-15,17-20H,6-13,16H2,1-5H3/b15-14+. The fourth-order valence-corrected chi connectivity index (χ4v) is 2.98. The molecule has 0 aromatic heterocycles. The zero-order valence-corrected chi connectivity index (χ0v) is 17.0. The van der Waals surface area contributed by atoms with Crippen LogP contribution in [0.3, 0.4) is 0 Å². The summed E-state index contributed by atoms with van der Waals surface area (Å²) in [5.74, 6) is 1.12. The van der Waals surface area contributed by atoms with Crippen LogP contribution in [0.2, 0.25) is 0 Å². The van der Waals surface area contributed by atoms with E-state index in [9.17, 15) is 9.59 Å². The number of unbranched alkanes of at least 4 members (excludes halogenated alkanes) is 3. The molecule has 1 amide bonds. The lowest BCUT2D eigenvalue weighted by Crippen LogP contribution is -2.16. The molecule has 0 bridgehead atoms. The van der Waals surface area contributed by atoms with Crippen LogP contribution in [0.1, 0.15) is 85.5 Å². The second-order valence-electron chi connectivity index (χ2n) is 7.30. The maximum atomic E-state index is 11.3. The quantitative estimate of drug-likeness (QED) is 0.227. The van der Waals surface area contributed by atoms with E-state index in [1.54, 1.807) is 11.9 Å². The Hall–Kier alpha value is -1.32. The van der Waals surface area contributed by atoms with Crippen molar-refractivity contribution in [3.05, 3.63) is 12.3 Å². The third-order valence-corrected chi connectivity index (χ3v) is 4.61. The van der Waals surface area contributed by atoms with Gasteiger partial charge in [-0.1, -0.05) is 59.5 Å². The van der Waals surface area contributed by atoms with Gasteiger partial charge in [0.05, 0.1) is 0 Å². The first-order valence-corrected chi connectivity index (χ1v) is 9.97. The van der Waals surface area contributed by atoms with Gasteiger partial charge in [0.2, 0.25) is 6.41 Å². The SMILES string of the molecule is CCC(=O)OC(CC)CCCCCCC(C)CC(C)/C=C/N(C)C=O. The Bertz CT molecular complexity index is 381. The number of allylic oxidation sites excluding steroid dienone is 1. The number of rotatable bonds is 15. The molecule has 0 aromatic rings. The van der Waals surface area contributed by atoms with E-state index in [0.717, 1.165) is 32.1 Å². The number of hydrogen-bond donors (Lipinski definition) is 0. The molecule has 0 aliphatic carbocycles. The van der Waals surface area contributed by atoms with Crippen molar-refractivity contribution in [2.45, 2.75) is 91.6 Å². The second kappa shape index (κ2) is 15.0. The smallest absolute Gasteiger partial charge is 0.305 e. The molecule has 0 aliphatic rings. The highest BCUT2D eigenvalue weighted by Crippen LogP contribution is 2.20. The van der Waals surface area contributed by atoms with E-state index in [2.05, 4.69) is 26.8 Å². The van der Waals surface area contributed by atoms with Crippen molar-refractivity contribution in [2.75, 3.05) is 7.05 Å². The molecule has 0 rings (SSSR count). The number of esters is 1. The number of carbonyl (C=O) groups is 2. The first kappa shape index (κ1) is 23.7. The fraction of sp³-hybridized carbons (Fsp3) is 0.810. The summed E-state index contributed by atoms with van der Waals surface area (Å²) in [6.07, 6.45) is 14.5. The molecule has 146 valence electrons. The summed E-state index contributed by atoms with van der Waals surface area (Å²) in [5.41, 5.74) is 0. The highest BCUT2D eigenvalue weighted by atomic mass is 16.5. The topological polar surface area (TPSA) is 46.6 Å². The van der Waals surface area contributed by atoms with E-state index in [-0.39, 0.29) is 12.1 Å². The lowest BCUT2D eigenvalue weighted by molar-refractivity contribution is -0.149. The van der Waals surface area contributed by atoms with E-state index >= 15 is 0 Å². The molecule has 0 saturated carbocycles. The molecule has 3 atom stereocenters. The van der Waals surface area contributed by atoms with Gasteiger partial charge >= 0.3 is 5.97 Å². The first-order valence-electron chi connectivity index (χ1n) is 9.97. The van der Waals surface area contributed by atoms with Gasteiger partial charge in [0.15, 0.2) is 0 Å². The number of hydrogen-bond acceptors (Lipinski definition) is 3. The number of amides is 1. The van der Waals surface area contributed by atoms with Crippen molar-refractivity contribution in [2.24, 2.45) is 11.8 Å². The van der Waals surface area contributed by atoms with Crippen molar-refractivity contribution in [3.63, 3.8) is 0 Å². The molecule has 0 saturated heterocycles. The second-order valence-corrected chi connectivity index (χ2v) is 7.30. The van der Waals surface area contributed by atoms with E-state index in [4.69, 9.17) is 4.74 Å². The normalized spacial score (nSPS) is 14.9. The highest BCUT2D eigenvalue weighted by molar-refractivity contribution is 5.69. The summed E-state index contributed by atoms with van der Waals surface area (Å²) in [4.78, 5) is 23.4. The summed E-state index contributed by atoms with van der Waals surface area (Å²) in [7, 11) is 1.76. The molecule has 4 nitrogen and oxygen atoms in total. The lowest BCUT2D eigenvalue weighted by atomic mass is 9.92. The molecule has 0 heterocycles. The van der Waals surface area contributed by atoms with Crippen LogP contribution in [-0.2, 0) is 14.3 Å². The first-order chi connectivity index (χ1) is 11.9. The molecule has 0 N–H and O–H groups in total. The lowest BCUT2D eigenvalue weighted by Gasteiger charge is -2.16. The molecule has 3 unspecified atom stereocenters. The summed E-state index contributed by atoms with van der Waals surface area (Å²) >= 11 is 0. The van der Waals surface area contributed by atoms with E-state index < -0.39 is 0 Å². The van der Waals surface area contributed by atoms with Gasteiger partial charge in [-0.05, 0) is 37.5 Å². The average molecular weight is 354 g/mol. The molecular weight excluding hydrogens is 314 g/mol. The van der Waals surface area contributed by atoms with Crippen LogP contribution in [0.15, 0.2) is 12.3 Å². The highest BCUT2D eigenvalue weighted by Gasteiger charge is 2.11. The van der Waals surface area contributed by atoms with E-state index in [1.807, 2.05) is 13.1 Å². The van der Waals surface area contributed by atoms with Gasteiger partial charge in [-0.15, -0.1) is 0 Å². The van der Waals surface area contributed by atoms with Gasteiger partial charge < -0.3 is 9.64 Å². The van der Waals surface area contributed by atoms with Crippen LogP contribution in [0.5, 0.6) is 0 Å². The molecule has 0 radical (unpaired) electrons. The minimum absolute atomic E-state index is 0.0804. The number of ether oxygens (including phenoxy) is 1. The summed E-state index contributed by atoms with van der Waals surface area (Å²) in [6.45, 7) is 8.43. The van der Waals surface area contributed by atoms with Crippen molar-refractivity contribution in [1.29, 1.82) is 0 Å². The van der Waals surface area contributed by atoms with Crippen LogP contribution < -0.4 is 0 Å². The van der Waals surface area contributed by atoms with Crippen molar-refractivity contribution < 1.29 is 14.3 Å². The van der Waals surface area contributed by atoms with Crippen LogP contribution in [0, 0.1) is 11.8 Å². The zero-order chi connectivity index (χ0) is 19.1. The van der Waals surface area contributed by atoms with Gasteiger partial charge in [0.25, 0.3) is 0 Å². The third-order valence-electron chi connectivity index (χ3n) is 4.61. The Balaban J connectivity index is 3.74. The molecule has 4 heteroatoms. The molecular formula is C21H39NO3. The molecule has 0 spiro atoms. The molecule has 0 aromatic carbocycles. The Labute approximate surface area is 155 Å². The molecule has 0 aliphatic heterocycles. The Morgan fingerprint density at radius 1 is 1.08 bits per heavy atom. The number of carbonyl (C=O) groups excluding carboxylic acids is 2. The molecule has 0 fully saturated rings. The largest absolute Gasteiger partial charge is 0.462 e. The minimum Gasteiger partial charge on any atom is -0.462 e. The van der Waals surface area contributed by atoms with Crippen LogP contribution in [-0.4, -0.2) is 30.4 Å². The van der Waals surface area contributed by atoms with Crippen LogP contribution >= 0.6 is 0 Å². The van der Waals surface area contributed by atoms with Gasteiger partial charge in [-0.2, -0.15) is 0 Å². The van der Waals surface area contributed by atoms with E-state index in [1.165, 1.54) is 25.7 Å². The Morgan fingerprint density at radius 3 is 2.28 bits per heavy atom. The monoisotopic (exact) mass is 353 g/mol. The number of nitrogens with zero attached hydrogens (tertiary/aromatic N) is 1. The van der Waals surface area contributed by atoms with Gasteiger partial charge in [0.1, 0.15) is 6.10 Å². The Kier molecular flexibility index (Phi) is 14.2. The van der Waals surface area contributed by atoms with Crippen LogP contribution in [0.25, 0.3) is 0 Å².